The molecule has 4 heteroatoms. The summed E-state index contributed by atoms with van der Waals surface area (Å²) in [5.74, 6) is 1.14. The number of para-hydroxylation sites is 1. The molecule has 0 spiro atoms. The van der Waals surface area contributed by atoms with E-state index in [1.54, 1.807) is 49.6 Å². The van der Waals surface area contributed by atoms with E-state index in [1.165, 1.54) is 6.07 Å². The minimum Gasteiger partial charge on any atom is -0.497 e. The van der Waals surface area contributed by atoms with Crippen LogP contribution in [0.5, 0.6) is 5.75 Å². The van der Waals surface area contributed by atoms with Gasteiger partial charge in [0.15, 0.2) is 11.7 Å². The molecule has 0 saturated heterocycles. The van der Waals surface area contributed by atoms with Gasteiger partial charge in [0.25, 0.3) is 0 Å². The van der Waals surface area contributed by atoms with Crippen LogP contribution in [0.15, 0.2) is 57.7 Å². The molecule has 0 N–H and O–H groups in total. The molecular formula is C17H12O4. The van der Waals surface area contributed by atoms with Crippen molar-refractivity contribution in [1.29, 1.82) is 0 Å². The lowest BCUT2D eigenvalue weighted by molar-refractivity contribution is 0.112. The summed E-state index contributed by atoms with van der Waals surface area (Å²) in [6.07, 6.45) is 0.684. The molecule has 0 aliphatic rings. The quantitative estimate of drug-likeness (QED) is 0.691. The lowest BCUT2D eigenvalue weighted by Crippen LogP contribution is -2.01. The third-order valence-corrected chi connectivity index (χ3v) is 3.29. The van der Waals surface area contributed by atoms with E-state index < -0.39 is 0 Å². The van der Waals surface area contributed by atoms with E-state index in [1.807, 2.05) is 0 Å². The van der Waals surface area contributed by atoms with Crippen LogP contribution < -0.4 is 10.2 Å². The number of ether oxygens (including phenoxy) is 1. The molecule has 0 bridgehead atoms. The van der Waals surface area contributed by atoms with E-state index in [0.717, 1.165) is 11.3 Å². The maximum Gasteiger partial charge on any atom is 0.193 e. The summed E-state index contributed by atoms with van der Waals surface area (Å²) in [6.45, 7) is 0. The van der Waals surface area contributed by atoms with Crippen LogP contribution in [0.25, 0.3) is 22.3 Å². The largest absolute Gasteiger partial charge is 0.497 e. The zero-order valence-corrected chi connectivity index (χ0v) is 11.3. The number of carbonyl (C=O) groups excluding carboxylic acids is 1. The first kappa shape index (κ1) is 13.1. The zero-order chi connectivity index (χ0) is 14.8. The van der Waals surface area contributed by atoms with Crippen LogP contribution in [0.4, 0.5) is 0 Å². The van der Waals surface area contributed by atoms with Crippen molar-refractivity contribution in [3.05, 3.63) is 64.3 Å². The second kappa shape index (κ2) is 5.25. The summed E-state index contributed by atoms with van der Waals surface area (Å²) in [4.78, 5) is 23.2. The van der Waals surface area contributed by atoms with Gasteiger partial charge in [0.2, 0.25) is 0 Å². The number of hydrogen-bond acceptors (Lipinski definition) is 4. The highest BCUT2D eigenvalue weighted by molar-refractivity contribution is 5.94. The molecule has 1 aromatic heterocycles. The Balaban J connectivity index is 2.23. The number of carbonyl (C=O) groups is 1. The topological polar surface area (TPSA) is 56.5 Å². The van der Waals surface area contributed by atoms with Crippen molar-refractivity contribution < 1.29 is 13.9 Å². The Kier molecular flexibility index (Phi) is 3.28. The number of hydrogen-bond donors (Lipinski definition) is 0. The van der Waals surface area contributed by atoms with Gasteiger partial charge in [-0.2, -0.15) is 0 Å². The van der Waals surface area contributed by atoms with Gasteiger partial charge in [0.1, 0.15) is 17.1 Å². The Morgan fingerprint density at radius 2 is 1.86 bits per heavy atom. The maximum absolute atomic E-state index is 12.2. The normalized spacial score (nSPS) is 10.5. The maximum atomic E-state index is 12.2. The van der Waals surface area contributed by atoms with E-state index in [2.05, 4.69) is 0 Å². The Morgan fingerprint density at radius 1 is 1.10 bits per heavy atom. The van der Waals surface area contributed by atoms with Gasteiger partial charge in [-0.15, -0.1) is 0 Å². The van der Waals surface area contributed by atoms with Gasteiger partial charge in [0, 0.05) is 11.6 Å². The van der Waals surface area contributed by atoms with E-state index in [9.17, 15) is 9.59 Å². The summed E-state index contributed by atoms with van der Waals surface area (Å²) >= 11 is 0. The highest BCUT2D eigenvalue weighted by Crippen LogP contribution is 2.25. The SMILES string of the molecule is COc1ccc(-c2cc(=O)c3cccc(C=O)c3o2)cc1. The number of fused-ring (bicyclic) bond motifs is 1. The molecule has 0 aliphatic heterocycles. The van der Waals surface area contributed by atoms with Crippen LogP contribution in [0, 0.1) is 0 Å². The Labute approximate surface area is 120 Å². The fourth-order valence-electron chi connectivity index (χ4n) is 2.19. The predicted molar refractivity (Wildman–Crippen MR) is 79.9 cm³/mol. The fraction of sp³-hybridized carbons (Fsp3) is 0.0588. The first-order valence-electron chi connectivity index (χ1n) is 6.39. The van der Waals surface area contributed by atoms with Crippen LogP contribution in [0.1, 0.15) is 10.4 Å². The number of aldehydes is 1. The first-order valence-corrected chi connectivity index (χ1v) is 6.39. The lowest BCUT2D eigenvalue weighted by Gasteiger charge is -2.05. The molecule has 3 rings (SSSR count). The van der Waals surface area contributed by atoms with Gasteiger partial charge in [-0.05, 0) is 36.4 Å². The average molecular weight is 280 g/mol. The highest BCUT2D eigenvalue weighted by atomic mass is 16.5. The van der Waals surface area contributed by atoms with Crippen molar-refractivity contribution in [2.24, 2.45) is 0 Å². The summed E-state index contributed by atoms with van der Waals surface area (Å²) in [5, 5.41) is 0.400. The standard InChI is InChI=1S/C17H12O4/c1-20-13-7-5-11(6-8-13)16-9-15(19)14-4-2-3-12(10-18)17(14)21-16/h2-10H,1H3. The molecule has 2 aromatic carbocycles. The van der Waals surface area contributed by atoms with E-state index in [-0.39, 0.29) is 5.43 Å². The molecule has 0 atom stereocenters. The molecule has 0 unspecified atom stereocenters. The number of methoxy groups -OCH3 is 1. The average Bonchev–Trinajstić information content (AvgIpc) is 2.54. The van der Waals surface area contributed by atoms with Crippen molar-refractivity contribution >= 4 is 17.3 Å². The fourth-order valence-corrected chi connectivity index (χ4v) is 2.19. The second-order valence-electron chi connectivity index (χ2n) is 4.55. The third-order valence-electron chi connectivity index (χ3n) is 3.29. The van der Waals surface area contributed by atoms with Crippen LogP contribution in [-0.2, 0) is 0 Å². The Hall–Kier alpha value is -2.88. The van der Waals surface area contributed by atoms with Crippen molar-refractivity contribution in [3.8, 4) is 17.1 Å². The Morgan fingerprint density at radius 3 is 2.52 bits per heavy atom. The van der Waals surface area contributed by atoms with Crippen LogP contribution >= 0.6 is 0 Å². The molecule has 3 aromatic rings. The third kappa shape index (κ3) is 2.31. The summed E-state index contributed by atoms with van der Waals surface area (Å²) in [6, 6.07) is 13.5. The van der Waals surface area contributed by atoms with Gasteiger partial charge >= 0.3 is 0 Å². The smallest absolute Gasteiger partial charge is 0.193 e. The summed E-state index contributed by atoms with van der Waals surface area (Å²) in [5.41, 5.74) is 1.24. The predicted octanol–water partition coefficient (Wildman–Crippen LogP) is 3.28. The van der Waals surface area contributed by atoms with E-state index in [4.69, 9.17) is 9.15 Å². The van der Waals surface area contributed by atoms with Crippen LogP contribution in [-0.4, -0.2) is 13.4 Å². The minimum atomic E-state index is -0.175. The van der Waals surface area contributed by atoms with Crippen molar-refractivity contribution in [2.75, 3.05) is 7.11 Å². The number of benzene rings is 2. The Bertz CT molecular complexity index is 860. The van der Waals surface area contributed by atoms with E-state index in [0.29, 0.717) is 28.6 Å². The van der Waals surface area contributed by atoms with Gasteiger partial charge in [-0.1, -0.05) is 6.07 Å². The minimum absolute atomic E-state index is 0.175. The molecule has 0 radical (unpaired) electrons. The number of rotatable bonds is 3. The van der Waals surface area contributed by atoms with Crippen LogP contribution in [0.3, 0.4) is 0 Å². The molecule has 0 fully saturated rings. The van der Waals surface area contributed by atoms with Gasteiger partial charge in [-0.3, -0.25) is 9.59 Å². The molecule has 0 aliphatic carbocycles. The molecule has 21 heavy (non-hydrogen) atoms. The molecule has 1 heterocycles. The summed E-state index contributed by atoms with van der Waals surface area (Å²) in [7, 11) is 1.58. The highest BCUT2D eigenvalue weighted by Gasteiger charge is 2.10. The summed E-state index contributed by atoms with van der Waals surface area (Å²) < 4.78 is 10.8. The second-order valence-corrected chi connectivity index (χ2v) is 4.55. The van der Waals surface area contributed by atoms with Crippen molar-refractivity contribution in [2.45, 2.75) is 0 Å². The molecule has 0 amide bonds. The molecule has 0 saturated carbocycles. The van der Waals surface area contributed by atoms with Gasteiger partial charge in [-0.25, -0.2) is 0 Å². The molecular weight excluding hydrogens is 268 g/mol. The zero-order valence-electron chi connectivity index (χ0n) is 11.3. The van der Waals surface area contributed by atoms with Gasteiger partial charge < -0.3 is 9.15 Å². The van der Waals surface area contributed by atoms with Gasteiger partial charge in [0.05, 0.1) is 18.1 Å². The van der Waals surface area contributed by atoms with Crippen LogP contribution in [0.2, 0.25) is 0 Å². The van der Waals surface area contributed by atoms with Crippen molar-refractivity contribution in [3.63, 3.8) is 0 Å². The molecule has 104 valence electrons. The van der Waals surface area contributed by atoms with Crippen molar-refractivity contribution in [1.82, 2.24) is 0 Å². The monoisotopic (exact) mass is 280 g/mol. The lowest BCUT2D eigenvalue weighted by atomic mass is 10.1. The molecule has 4 nitrogen and oxygen atoms in total. The van der Waals surface area contributed by atoms with E-state index >= 15 is 0 Å². The first-order chi connectivity index (χ1) is 10.2.